The number of anilines is 2. The van der Waals surface area contributed by atoms with Gasteiger partial charge in [-0.05, 0) is 57.4 Å². The number of fused-ring (bicyclic) bond motifs is 1. The number of carbonyl (C=O) groups is 1. The predicted octanol–water partition coefficient (Wildman–Crippen LogP) is 5.54. The third-order valence-corrected chi connectivity index (χ3v) is 5.33. The minimum Gasteiger partial charge on any atom is -0.494 e. The molecule has 158 valence electrons. The van der Waals surface area contributed by atoms with E-state index in [4.69, 9.17) is 10.5 Å². The van der Waals surface area contributed by atoms with Crippen LogP contribution in [-0.2, 0) is 0 Å². The van der Waals surface area contributed by atoms with Gasteiger partial charge in [-0.1, -0.05) is 19.1 Å². The van der Waals surface area contributed by atoms with E-state index < -0.39 is 0 Å². The van der Waals surface area contributed by atoms with Crippen LogP contribution in [-0.4, -0.2) is 23.2 Å². The van der Waals surface area contributed by atoms with Crippen molar-refractivity contribution in [3.63, 3.8) is 0 Å². The molecule has 0 radical (unpaired) electrons. The molecule has 30 heavy (non-hydrogen) atoms. The van der Waals surface area contributed by atoms with Gasteiger partial charge < -0.3 is 25.7 Å². The summed E-state index contributed by atoms with van der Waals surface area (Å²) in [4.78, 5) is 12.0. The second kappa shape index (κ2) is 8.30. The molecule has 0 bridgehead atoms. The average Bonchev–Trinajstić information content (AvgIpc) is 3.48. The lowest BCUT2D eigenvalue weighted by atomic mass is 10.1. The molecular weight excluding hydrogens is 376 g/mol. The first-order valence-corrected chi connectivity index (χ1v) is 10.7. The highest BCUT2D eigenvalue weighted by atomic mass is 16.5. The number of hydrogen-bond acceptors (Lipinski definition) is 3. The Labute approximate surface area is 177 Å². The molecule has 0 unspecified atom stereocenters. The molecule has 1 heterocycles. The number of carbonyl (C=O) groups excluding carboxylic acids is 1. The van der Waals surface area contributed by atoms with Crippen LogP contribution in [0.3, 0.4) is 0 Å². The van der Waals surface area contributed by atoms with Crippen LogP contribution in [0.1, 0.15) is 46.1 Å². The molecule has 0 atom stereocenters. The number of nitrogen functional groups attached to an aromatic ring is 1. The Bertz CT molecular complexity index is 1050. The van der Waals surface area contributed by atoms with Gasteiger partial charge in [0.15, 0.2) is 0 Å². The van der Waals surface area contributed by atoms with Gasteiger partial charge in [-0.2, -0.15) is 0 Å². The van der Waals surface area contributed by atoms with E-state index in [0.717, 1.165) is 58.5 Å². The largest absolute Gasteiger partial charge is 0.494 e. The lowest BCUT2D eigenvalue weighted by molar-refractivity contribution is 0.251. The SMILES string of the molecule is CCCOc1ccc2c(N)c(-c3ccc(NC(=O)NC4CC4)cc3)n(C(C)C)c2c1. The summed E-state index contributed by atoms with van der Waals surface area (Å²) in [6, 6.07) is 14.3. The second-order valence-electron chi connectivity index (χ2n) is 8.20. The van der Waals surface area contributed by atoms with Crippen LogP contribution in [0, 0.1) is 0 Å². The molecule has 0 saturated heterocycles. The zero-order valence-electron chi connectivity index (χ0n) is 17.9. The third kappa shape index (κ3) is 4.08. The molecule has 4 N–H and O–H groups in total. The number of urea groups is 1. The first kappa shape index (κ1) is 20.1. The zero-order chi connectivity index (χ0) is 21.3. The summed E-state index contributed by atoms with van der Waals surface area (Å²) >= 11 is 0. The summed E-state index contributed by atoms with van der Waals surface area (Å²) in [5.41, 5.74) is 11.2. The fourth-order valence-electron chi connectivity index (χ4n) is 3.75. The van der Waals surface area contributed by atoms with Crippen molar-refractivity contribution in [2.24, 2.45) is 0 Å². The Morgan fingerprint density at radius 2 is 1.93 bits per heavy atom. The van der Waals surface area contributed by atoms with Crippen molar-refractivity contribution in [3.05, 3.63) is 42.5 Å². The first-order chi connectivity index (χ1) is 14.5. The number of aromatic nitrogens is 1. The van der Waals surface area contributed by atoms with Gasteiger partial charge in [0.05, 0.1) is 23.5 Å². The topological polar surface area (TPSA) is 81.3 Å². The summed E-state index contributed by atoms with van der Waals surface area (Å²) in [5, 5.41) is 6.85. The molecule has 1 fully saturated rings. The minimum absolute atomic E-state index is 0.152. The first-order valence-electron chi connectivity index (χ1n) is 10.7. The fraction of sp³-hybridized carbons (Fsp3) is 0.375. The Hall–Kier alpha value is -3.15. The summed E-state index contributed by atoms with van der Waals surface area (Å²) in [7, 11) is 0. The van der Waals surface area contributed by atoms with E-state index in [1.807, 2.05) is 36.4 Å². The van der Waals surface area contributed by atoms with Crippen LogP contribution in [0.5, 0.6) is 5.75 Å². The summed E-state index contributed by atoms with van der Waals surface area (Å²) in [5.74, 6) is 0.858. The monoisotopic (exact) mass is 406 g/mol. The number of nitrogens with two attached hydrogens (primary N) is 1. The van der Waals surface area contributed by atoms with Crippen molar-refractivity contribution >= 4 is 28.3 Å². The molecule has 1 aliphatic rings. The van der Waals surface area contributed by atoms with Gasteiger partial charge in [0.25, 0.3) is 0 Å². The molecule has 6 heteroatoms. The standard InChI is InChI=1S/C24H30N4O2/c1-4-13-30-19-11-12-20-21(14-19)28(15(2)3)23(22(20)25)16-5-7-17(8-6-16)26-24(29)27-18-9-10-18/h5-8,11-12,14-15,18H,4,9-10,13,25H2,1-3H3,(H2,26,27,29). The van der Waals surface area contributed by atoms with Crippen molar-refractivity contribution < 1.29 is 9.53 Å². The van der Waals surface area contributed by atoms with Crippen LogP contribution in [0.2, 0.25) is 0 Å². The smallest absolute Gasteiger partial charge is 0.319 e. The molecule has 2 aromatic carbocycles. The zero-order valence-corrected chi connectivity index (χ0v) is 17.9. The number of amides is 2. The van der Waals surface area contributed by atoms with E-state index >= 15 is 0 Å². The van der Waals surface area contributed by atoms with Crippen molar-refractivity contribution in [2.45, 2.75) is 52.1 Å². The van der Waals surface area contributed by atoms with E-state index in [9.17, 15) is 4.79 Å². The number of nitrogens with zero attached hydrogens (tertiary/aromatic N) is 1. The quantitative estimate of drug-likeness (QED) is 0.481. The van der Waals surface area contributed by atoms with Crippen LogP contribution < -0.4 is 21.1 Å². The van der Waals surface area contributed by atoms with Gasteiger partial charge in [-0.15, -0.1) is 0 Å². The van der Waals surface area contributed by atoms with Crippen molar-refractivity contribution in [1.82, 2.24) is 9.88 Å². The molecule has 0 aliphatic heterocycles. The minimum atomic E-state index is -0.152. The molecule has 1 aromatic heterocycles. The summed E-state index contributed by atoms with van der Waals surface area (Å²) in [6.45, 7) is 7.10. The molecule has 4 rings (SSSR count). The highest BCUT2D eigenvalue weighted by Gasteiger charge is 2.23. The summed E-state index contributed by atoms with van der Waals surface area (Å²) < 4.78 is 8.09. The maximum Gasteiger partial charge on any atom is 0.319 e. The Kier molecular flexibility index (Phi) is 5.57. The Morgan fingerprint density at radius 3 is 2.57 bits per heavy atom. The van der Waals surface area contributed by atoms with Gasteiger partial charge in [0, 0.05) is 34.8 Å². The van der Waals surface area contributed by atoms with E-state index in [1.54, 1.807) is 0 Å². The van der Waals surface area contributed by atoms with E-state index in [0.29, 0.717) is 12.6 Å². The number of benzene rings is 2. The van der Waals surface area contributed by atoms with Gasteiger partial charge in [0.1, 0.15) is 5.75 Å². The van der Waals surface area contributed by atoms with Crippen LogP contribution in [0.4, 0.5) is 16.2 Å². The molecule has 1 saturated carbocycles. The average molecular weight is 407 g/mol. The Balaban J connectivity index is 1.67. The number of rotatable bonds is 7. The van der Waals surface area contributed by atoms with Crippen LogP contribution in [0.25, 0.3) is 22.2 Å². The lowest BCUT2D eigenvalue weighted by Crippen LogP contribution is -2.30. The molecule has 3 aromatic rings. The molecular formula is C24H30N4O2. The van der Waals surface area contributed by atoms with Gasteiger partial charge >= 0.3 is 6.03 Å². The van der Waals surface area contributed by atoms with Gasteiger partial charge in [0.2, 0.25) is 0 Å². The van der Waals surface area contributed by atoms with Crippen molar-refractivity contribution in [3.8, 4) is 17.0 Å². The van der Waals surface area contributed by atoms with Crippen LogP contribution >= 0.6 is 0 Å². The van der Waals surface area contributed by atoms with Crippen molar-refractivity contribution in [1.29, 1.82) is 0 Å². The molecule has 6 nitrogen and oxygen atoms in total. The van der Waals surface area contributed by atoms with E-state index in [1.165, 1.54) is 0 Å². The highest BCUT2D eigenvalue weighted by Crippen LogP contribution is 2.40. The fourth-order valence-corrected chi connectivity index (χ4v) is 3.75. The molecule has 0 spiro atoms. The second-order valence-corrected chi connectivity index (χ2v) is 8.20. The predicted molar refractivity (Wildman–Crippen MR) is 123 cm³/mol. The van der Waals surface area contributed by atoms with Crippen LogP contribution in [0.15, 0.2) is 42.5 Å². The molecule has 1 aliphatic carbocycles. The number of hydrogen-bond donors (Lipinski definition) is 3. The van der Waals surface area contributed by atoms with E-state index in [2.05, 4.69) is 42.0 Å². The maximum atomic E-state index is 12.0. The van der Waals surface area contributed by atoms with Gasteiger partial charge in [-0.3, -0.25) is 0 Å². The highest BCUT2D eigenvalue weighted by molar-refractivity contribution is 6.01. The normalized spacial score (nSPS) is 13.6. The van der Waals surface area contributed by atoms with E-state index in [-0.39, 0.29) is 12.1 Å². The third-order valence-electron chi connectivity index (χ3n) is 5.33. The summed E-state index contributed by atoms with van der Waals surface area (Å²) in [6.07, 6.45) is 3.10. The van der Waals surface area contributed by atoms with Gasteiger partial charge in [-0.25, -0.2) is 4.79 Å². The Morgan fingerprint density at radius 1 is 1.20 bits per heavy atom. The lowest BCUT2D eigenvalue weighted by Gasteiger charge is -2.16. The maximum absolute atomic E-state index is 12.0. The molecule has 2 amide bonds. The van der Waals surface area contributed by atoms with Crippen molar-refractivity contribution in [2.75, 3.05) is 17.7 Å². The number of nitrogens with one attached hydrogen (secondary N) is 2. The number of ether oxygens (including phenoxy) is 1.